The topological polar surface area (TPSA) is 78.9 Å². The molecule has 1 unspecified atom stereocenters. The monoisotopic (exact) mass is 1080 g/mol. The highest BCUT2D eigenvalue weighted by Gasteiger charge is 2.19. The molecule has 0 spiro atoms. The van der Waals surface area contributed by atoms with E-state index < -0.39 is 6.10 Å². The molecular formula is C71H128O6. The molecule has 0 amide bonds. The Kier molecular flexibility index (Phi) is 63.2. The Morgan fingerprint density at radius 3 is 0.792 bits per heavy atom. The van der Waals surface area contributed by atoms with Crippen LogP contribution in [0.3, 0.4) is 0 Å². The zero-order valence-electron chi connectivity index (χ0n) is 51.5. The molecule has 0 aromatic heterocycles. The third-order valence-corrected chi connectivity index (χ3v) is 15.0. The molecule has 0 aromatic rings. The maximum absolute atomic E-state index is 12.9. The standard InChI is InChI=1S/C71H128O6/c1-4-7-10-13-16-19-22-24-26-27-28-29-30-31-32-33-34-35-36-37-38-39-40-41-42-43-45-46-49-52-55-58-61-64-70(73)76-67-68(66-75-69(72)63-60-57-54-51-48-21-18-15-12-9-6-3)77-71(74)65-62-59-56-53-50-47-44-25-23-20-17-14-11-8-5-2/h15,17-18,20,22,24-25,27-28,44,68H,4-14,16,19,21,23,26,29-43,45-67H2,1-3H3/b18-15-,20-17-,24-22-,28-27-,44-25-. The Morgan fingerprint density at radius 1 is 0.260 bits per heavy atom. The van der Waals surface area contributed by atoms with Crippen LogP contribution in [0.25, 0.3) is 0 Å². The fraction of sp³-hybridized carbons (Fsp3) is 0.817. The third-order valence-electron chi connectivity index (χ3n) is 15.0. The molecule has 0 bridgehead atoms. The van der Waals surface area contributed by atoms with Gasteiger partial charge < -0.3 is 14.2 Å². The van der Waals surface area contributed by atoms with Crippen molar-refractivity contribution in [2.45, 2.75) is 361 Å². The first-order valence-corrected chi connectivity index (χ1v) is 33.8. The van der Waals surface area contributed by atoms with Crippen molar-refractivity contribution >= 4 is 17.9 Å². The molecular weight excluding hydrogens is 949 g/mol. The summed E-state index contributed by atoms with van der Waals surface area (Å²) in [5.41, 5.74) is 0. The number of hydrogen-bond donors (Lipinski definition) is 0. The van der Waals surface area contributed by atoms with Crippen LogP contribution in [0.4, 0.5) is 0 Å². The second-order valence-electron chi connectivity index (χ2n) is 22.7. The van der Waals surface area contributed by atoms with Gasteiger partial charge in [0.2, 0.25) is 0 Å². The Bertz CT molecular complexity index is 1380. The Hall–Kier alpha value is -2.89. The zero-order valence-corrected chi connectivity index (χ0v) is 51.5. The van der Waals surface area contributed by atoms with Gasteiger partial charge in [0, 0.05) is 19.3 Å². The van der Waals surface area contributed by atoms with Crippen LogP contribution in [-0.4, -0.2) is 37.2 Å². The first-order valence-electron chi connectivity index (χ1n) is 33.8. The first kappa shape index (κ1) is 74.1. The number of allylic oxidation sites excluding steroid dienone is 10. The van der Waals surface area contributed by atoms with Gasteiger partial charge in [-0.25, -0.2) is 0 Å². The van der Waals surface area contributed by atoms with E-state index in [2.05, 4.69) is 81.5 Å². The molecule has 0 radical (unpaired) electrons. The van der Waals surface area contributed by atoms with E-state index in [0.29, 0.717) is 19.3 Å². The van der Waals surface area contributed by atoms with Crippen molar-refractivity contribution in [1.82, 2.24) is 0 Å². The maximum atomic E-state index is 12.9. The molecule has 0 saturated heterocycles. The molecule has 0 saturated carbocycles. The summed E-state index contributed by atoms with van der Waals surface area (Å²) in [6, 6.07) is 0. The van der Waals surface area contributed by atoms with Crippen molar-refractivity contribution in [2.24, 2.45) is 0 Å². The lowest BCUT2D eigenvalue weighted by molar-refractivity contribution is -0.167. The summed E-state index contributed by atoms with van der Waals surface area (Å²) < 4.78 is 16.9. The predicted octanol–water partition coefficient (Wildman–Crippen LogP) is 23.1. The molecule has 448 valence electrons. The van der Waals surface area contributed by atoms with Gasteiger partial charge in [-0.05, 0) is 103 Å². The highest BCUT2D eigenvalue weighted by Crippen LogP contribution is 2.17. The van der Waals surface area contributed by atoms with E-state index in [1.54, 1.807) is 0 Å². The fourth-order valence-corrected chi connectivity index (χ4v) is 9.84. The van der Waals surface area contributed by atoms with Crippen LogP contribution in [0.1, 0.15) is 355 Å². The number of unbranched alkanes of at least 4 members (excludes halogenated alkanes) is 41. The average Bonchev–Trinajstić information content (AvgIpc) is 3.43. The molecule has 0 aromatic carbocycles. The average molecular weight is 1080 g/mol. The summed E-state index contributed by atoms with van der Waals surface area (Å²) in [5.74, 6) is -0.887. The molecule has 0 fully saturated rings. The minimum absolute atomic E-state index is 0.0792. The third kappa shape index (κ3) is 63.8. The Labute approximate surface area is 479 Å². The molecule has 77 heavy (non-hydrogen) atoms. The fourth-order valence-electron chi connectivity index (χ4n) is 9.84. The van der Waals surface area contributed by atoms with Crippen LogP contribution in [0.5, 0.6) is 0 Å². The van der Waals surface area contributed by atoms with Gasteiger partial charge in [-0.1, -0.05) is 293 Å². The van der Waals surface area contributed by atoms with E-state index in [1.807, 2.05) is 0 Å². The molecule has 0 rings (SSSR count). The van der Waals surface area contributed by atoms with Crippen molar-refractivity contribution in [3.05, 3.63) is 60.8 Å². The van der Waals surface area contributed by atoms with Gasteiger partial charge in [0.05, 0.1) is 0 Å². The van der Waals surface area contributed by atoms with Gasteiger partial charge in [0.25, 0.3) is 0 Å². The van der Waals surface area contributed by atoms with Crippen molar-refractivity contribution in [2.75, 3.05) is 13.2 Å². The highest BCUT2D eigenvalue weighted by atomic mass is 16.6. The molecule has 1 atom stereocenters. The molecule has 0 aliphatic carbocycles. The smallest absolute Gasteiger partial charge is 0.306 e. The second kappa shape index (κ2) is 65.6. The van der Waals surface area contributed by atoms with Crippen LogP contribution in [0.2, 0.25) is 0 Å². The SMILES string of the molecule is CCCC/C=C\CCCCCCCC(=O)OCC(COC(=O)CCCCCCCCCCCCCCCCCCCCCCC/C=C\C/C=C\CCCCCCC)OC(=O)CCCCCCC/C=C\C/C=C\CCCCC. The normalized spacial score (nSPS) is 12.4. The predicted molar refractivity (Wildman–Crippen MR) is 335 cm³/mol. The molecule has 0 aliphatic heterocycles. The summed E-state index contributed by atoms with van der Waals surface area (Å²) in [4.78, 5) is 38.2. The van der Waals surface area contributed by atoms with Crippen LogP contribution in [0, 0.1) is 0 Å². The number of carbonyl (C=O) groups excluding carboxylic acids is 3. The minimum Gasteiger partial charge on any atom is -0.462 e. The van der Waals surface area contributed by atoms with Gasteiger partial charge in [-0.3, -0.25) is 14.4 Å². The van der Waals surface area contributed by atoms with Crippen molar-refractivity contribution in [1.29, 1.82) is 0 Å². The highest BCUT2D eigenvalue weighted by molar-refractivity contribution is 5.71. The van der Waals surface area contributed by atoms with E-state index >= 15 is 0 Å². The van der Waals surface area contributed by atoms with E-state index in [0.717, 1.165) is 96.3 Å². The quantitative estimate of drug-likeness (QED) is 0.0261. The van der Waals surface area contributed by atoms with Gasteiger partial charge in [0.1, 0.15) is 13.2 Å². The van der Waals surface area contributed by atoms with Crippen LogP contribution < -0.4 is 0 Å². The molecule has 6 heteroatoms. The number of hydrogen-bond acceptors (Lipinski definition) is 6. The lowest BCUT2D eigenvalue weighted by Crippen LogP contribution is -2.30. The van der Waals surface area contributed by atoms with Gasteiger partial charge >= 0.3 is 17.9 Å². The van der Waals surface area contributed by atoms with Gasteiger partial charge in [-0.2, -0.15) is 0 Å². The summed E-state index contributed by atoms with van der Waals surface area (Å²) in [5, 5.41) is 0. The van der Waals surface area contributed by atoms with E-state index in [1.165, 1.54) is 218 Å². The molecule has 0 heterocycles. The molecule has 0 N–H and O–H groups in total. The van der Waals surface area contributed by atoms with E-state index in [4.69, 9.17) is 14.2 Å². The van der Waals surface area contributed by atoms with Crippen molar-refractivity contribution in [3.8, 4) is 0 Å². The van der Waals surface area contributed by atoms with E-state index in [-0.39, 0.29) is 31.1 Å². The summed E-state index contributed by atoms with van der Waals surface area (Å²) in [6.07, 6.45) is 84.0. The Balaban J connectivity index is 4.07. The number of carbonyl (C=O) groups is 3. The minimum atomic E-state index is -0.783. The van der Waals surface area contributed by atoms with E-state index in [9.17, 15) is 14.4 Å². The molecule has 6 nitrogen and oxygen atoms in total. The maximum Gasteiger partial charge on any atom is 0.306 e. The van der Waals surface area contributed by atoms with Crippen LogP contribution in [-0.2, 0) is 28.6 Å². The van der Waals surface area contributed by atoms with Gasteiger partial charge in [0.15, 0.2) is 6.10 Å². The first-order chi connectivity index (χ1) is 38.0. The number of esters is 3. The second-order valence-corrected chi connectivity index (χ2v) is 22.7. The largest absolute Gasteiger partial charge is 0.462 e. The number of rotatable bonds is 62. The summed E-state index contributed by atoms with van der Waals surface area (Å²) in [6.45, 7) is 6.58. The molecule has 0 aliphatic rings. The lowest BCUT2D eigenvalue weighted by Gasteiger charge is -2.18. The summed E-state index contributed by atoms with van der Waals surface area (Å²) >= 11 is 0. The lowest BCUT2D eigenvalue weighted by atomic mass is 10.0. The number of ether oxygens (including phenoxy) is 3. The Morgan fingerprint density at radius 2 is 0.481 bits per heavy atom. The zero-order chi connectivity index (χ0) is 55.7. The van der Waals surface area contributed by atoms with Crippen molar-refractivity contribution < 1.29 is 28.6 Å². The summed E-state index contributed by atoms with van der Waals surface area (Å²) in [7, 11) is 0. The van der Waals surface area contributed by atoms with Crippen LogP contribution >= 0.6 is 0 Å². The van der Waals surface area contributed by atoms with Crippen molar-refractivity contribution in [3.63, 3.8) is 0 Å². The van der Waals surface area contributed by atoms with Crippen LogP contribution in [0.15, 0.2) is 60.8 Å². The van der Waals surface area contributed by atoms with Gasteiger partial charge in [-0.15, -0.1) is 0 Å².